The molecule has 37 heavy (non-hydrogen) atoms. The van der Waals surface area contributed by atoms with Crippen LogP contribution in [0, 0.1) is 11.3 Å². The zero-order chi connectivity index (χ0) is 26.6. The van der Waals surface area contributed by atoms with Crippen molar-refractivity contribution < 1.29 is 28.0 Å². The van der Waals surface area contributed by atoms with Crippen LogP contribution in [0.4, 0.5) is 0 Å². The Bertz CT molecular complexity index is 1460. The predicted octanol–water partition coefficient (Wildman–Crippen LogP) is 3.35. The van der Waals surface area contributed by atoms with Gasteiger partial charge in [0.1, 0.15) is 10.5 Å². The maximum absolute atomic E-state index is 13.8. The van der Waals surface area contributed by atoms with Crippen LogP contribution < -0.4 is 10.2 Å². The van der Waals surface area contributed by atoms with E-state index in [1.54, 1.807) is 66.1 Å². The fraction of sp³-hybridized carbons (Fsp3) is 0.269. The summed E-state index contributed by atoms with van der Waals surface area (Å²) in [5.41, 5.74) is 3.19. The first-order valence-corrected chi connectivity index (χ1v) is 13.9. The lowest BCUT2D eigenvalue weighted by atomic mass is 9.97. The maximum Gasteiger partial charge on any atom is 0.257 e. The predicted molar refractivity (Wildman–Crippen MR) is 138 cm³/mol. The van der Waals surface area contributed by atoms with Crippen molar-refractivity contribution in [3.63, 3.8) is 0 Å². The van der Waals surface area contributed by atoms with Gasteiger partial charge in [0.25, 0.3) is 5.91 Å². The molecule has 9 nitrogen and oxygen atoms in total. The molecule has 1 fully saturated rings. The normalized spacial score (nSPS) is 18.9. The van der Waals surface area contributed by atoms with Gasteiger partial charge in [0.05, 0.1) is 36.5 Å². The number of carbonyl (C=O) groups is 2. The van der Waals surface area contributed by atoms with E-state index in [9.17, 15) is 23.2 Å². The van der Waals surface area contributed by atoms with Gasteiger partial charge in [-0.2, -0.15) is 5.26 Å². The Morgan fingerprint density at radius 2 is 1.86 bits per heavy atom. The summed E-state index contributed by atoms with van der Waals surface area (Å²) >= 11 is 1.23. The third-order valence-electron chi connectivity index (χ3n) is 6.56. The molecule has 192 valence electrons. The number of carbonyl (C=O) groups excluding carboxylic acids is 2. The first-order chi connectivity index (χ1) is 17.7. The summed E-state index contributed by atoms with van der Waals surface area (Å²) < 4.78 is 31.2. The molecule has 3 aromatic rings. The first kappa shape index (κ1) is 26.3. The highest BCUT2D eigenvalue weighted by molar-refractivity contribution is 7.92. The van der Waals surface area contributed by atoms with Crippen molar-refractivity contribution in [3.05, 3.63) is 76.7 Å². The number of hydrogen-bond acceptors (Lipinski definition) is 8. The molecular weight excluding hydrogens is 514 g/mol. The summed E-state index contributed by atoms with van der Waals surface area (Å²) in [6, 6.07) is 19.1. The van der Waals surface area contributed by atoms with Crippen molar-refractivity contribution in [2.45, 2.75) is 17.6 Å². The fourth-order valence-electron chi connectivity index (χ4n) is 4.51. The number of hydrogen-bond donors (Lipinski definition) is 2. The first-order valence-electron chi connectivity index (χ1n) is 11.4. The van der Waals surface area contributed by atoms with E-state index >= 15 is 0 Å². The average Bonchev–Trinajstić information content (AvgIpc) is 3.37. The van der Waals surface area contributed by atoms with E-state index in [2.05, 4.69) is 6.07 Å². The van der Waals surface area contributed by atoms with Crippen molar-refractivity contribution in [1.82, 2.24) is 10.4 Å². The van der Waals surface area contributed by atoms with E-state index in [4.69, 9.17) is 10.00 Å². The number of benzene rings is 2. The number of rotatable bonds is 6. The van der Waals surface area contributed by atoms with Crippen LogP contribution in [0.25, 0.3) is 10.4 Å². The molecule has 0 aliphatic carbocycles. The Balaban J connectivity index is 1.72. The lowest BCUT2D eigenvalue weighted by Gasteiger charge is -2.30. The molecule has 0 saturated carbocycles. The standard InChI is InChI=1S/C26H25N3O6S2/c1-35-21-5-3-2-4-20(21)25(31)29-13-12-26(16-24(30)28-32,37(33,34)15-14-29)23-11-10-22(36-23)19-8-6-18(17-27)7-9-19/h2-11,32H,12-16H2,1H3,(H,28,30). The lowest BCUT2D eigenvalue weighted by Crippen LogP contribution is -2.41. The smallest absolute Gasteiger partial charge is 0.257 e. The minimum atomic E-state index is -3.95. The van der Waals surface area contributed by atoms with Gasteiger partial charge < -0.3 is 9.64 Å². The Morgan fingerprint density at radius 3 is 2.54 bits per heavy atom. The number of ether oxygens (including phenoxy) is 1. The van der Waals surface area contributed by atoms with Crippen molar-refractivity contribution >= 4 is 33.0 Å². The minimum absolute atomic E-state index is 0.0308. The highest BCUT2D eigenvalue weighted by Gasteiger charge is 2.50. The van der Waals surface area contributed by atoms with Crippen molar-refractivity contribution in [2.75, 3.05) is 26.0 Å². The molecule has 4 rings (SSSR count). The molecule has 1 aromatic heterocycles. The average molecular weight is 540 g/mol. The largest absolute Gasteiger partial charge is 0.496 e. The van der Waals surface area contributed by atoms with Crippen LogP contribution in [0.5, 0.6) is 5.75 Å². The summed E-state index contributed by atoms with van der Waals surface area (Å²) in [7, 11) is -2.50. The Kier molecular flexibility index (Phi) is 7.63. The number of hydroxylamine groups is 1. The van der Waals surface area contributed by atoms with Crippen LogP contribution in [0.2, 0.25) is 0 Å². The van der Waals surface area contributed by atoms with Gasteiger partial charge in [-0.25, -0.2) is 13.9 Å². The van der Waals surface area contributed by atoms with Crippen LogP contribution in [0.1, 0.15) is 33.6 Å². The van der Waals surface area contributed by atoms with E-state index in [1.807, 2.05) is 0 Å². The van der Waals surface area contributed by atoms with Gasteiger partial charge in [0, 0.05) is 22.8 Å². The molecule has 1 atom stereocenters. The molecule has 1 aliphatic heterocycles. The van der Waals surface area contributed by atoms with Gasteiger partial charge in [-0.05, 0) is 48.4 Å². The van der Waals surface area contributed by atoms with Crippen LogP contribution in [0.3, 0.4) is 0 Å². The van der Waals surface area contributed by atoms with E-state index < -0.39 is 26.9 Å². The molecule has 2 aromatic carbocycles. The molecule has 2 N–H and O–H groups in total. The molecule has 2 heterocycles. The molecular formula is C26H25N3O6S2. The zero-order valence-electron chi connectivity index (χ0n) is 20.0. The quantitative estimate of drug-likeness (QED) is 0.362. The molecule has 0 spiro atoms. The Labute approximate surface area is 218 Å². The van der Waals surface area contributed by atoms with Gasteiger partial charge in [-0.1, -0.05) is 24.3 Å². The third-order valence-corrected chi connectivity index (χ3v) is 10.5. The number of thiophene rings is 1. The van der Waals surface area contributed by atoms with Crippen LogP contribution in [-0.2, 0) is 19.4 Å². The fourth-order valence-corrected chi connectivity index (χ4v) is 8.12. The molecule has 2 amide bonds. The number of amides is 2. The zero-order valence-corrected chi connectivity index (χ0v) is 21.6. The van der Waals surface area contributed by atoms with Crippen LogP contribution >= 0.6 is 11.3 Å². The summed E-state index contributed by atoms with van der Waals surface area (Å²) in [5.74, 6) is -1.16. The second kappa shape index (κ2) is 10.7. The third kappa shape index (κ3) is 5.09. The molecule has 11 heteroatoms. The van der Waals surface area contributed by atoms with E-state index in [1.165, 1.54) is 23.3 Å². The summed E-state index contributed by atoms with van der Waals surface area (Å²) in [6.07, 6.45) is -0.521. The number of methoxy groups -OCH3 is 1. The summed E-state index contributed by atoms with van der Waals surface area (Å²) in [5, 5.41) is 18.3. The van der Waals surface area contributed by atoms with Crippen LogP contribution in [0.15, 0.2) is 60.7 Å². The van der Waals surface area contributed by atoms with Crippen molar-refractivity contribution in [3.8, 4) is 22.3 Å². The van der Waals surface area contributed by atoms with Crippen LogP contribution in [-0.4, -0.2) is 56.3 Å². The number of para-hydroxylation sites is 1. The van der Waals surface area contributed by atoms with Gasteiger partial charge in [-0.15, -0.1) is 11.3 Å². The summed E-state index contributed by atoms with van der Waals surface area (Å²) in [6.45, 7) is 0.0362. The maximum atomic E-state index is 13.8. The highest BCUT2D eigenvalue weighted by atomic mass is 32.2. The number of sulfone groups is 1. The minimum Gasteiger partial charge on any atom is -0.496 e. The van der Waals surface area contributed by atoms with Gasteiger partial charge in [0.15, 0.2) is 9.84 Å². The SMILES string of the molecule is COc1ccccc1C(=O)N1CCC(CC(=O)NO)(c2ccc(-c3ccc(C#N)cc3)s2)S(=O)(=O)CC1. The summed E-state index contributed by atoms with van der Waals surface area (Å²) in [4.78, 5) is 28.4. The highest BCUT2D eigenvalue weighted by Crippen LogP contribution is 2.45. The molecule has 0 bridgehead atoms. The topological polar surface area (TPSA) is 137 Å². The Hall–Kier alpha value is -3.72. The number of nitrogens with one attached hydrogen (secondary N) is 1. The van der Waals surface area contributed by atoms with Gasteiger partial charge in [-0.3, -0.25) is 14.8 Å². The molecule has 1 unspecified atom stereocenters. The van der Waals surface area contributed by atoms with Gasteiger partial charge >= 0.3 is 0 Å². The second-order valence-electron chi connectivity index (χ2n) is 8.62. The van der Waals surface area contributed by atoms with Gasteiger partial charge in [0.2, 0.25) is 5.91 Å². The Morgan fingerprint density at radius 1 is 1.14 bits per heavy atom. The number of nitriles is 1. The monoisotopic (exact) mass is 539 g/mol. The van der Waals surface area contributed by atoms with E-state index in [-0.39, 0.29) is 31.2 Å². The molecule has 1 aliphatic rings. The van der Waals surface area contributed by atoms with Crippen molar-refractivity contribution in [1.29, 1.82) is 5.26 Å². The van der Waals surface area contributed by atoms with E-state index in [0.717, 1.165) is 10.4 Å². The van der Waals surface area contributed by atoms with E-state index in [0.29, 0.717) is 21.8 Å². The second-order valence-corrected chi connectivity index (χ2v) is 12.1. The molecule has 0 radical (unpaired) electrons. The molecule has 1 saturated heterocycles. The number of nitrogens with zero attached hydrogens (tertiary/aromatic N) is 2. The van der Waals surface area contributed by atoms with Crippen molar-refractivity contribution in [2.24, 2.45) is 0 Å². The lowest BCUT2D eigenvalue weighted by molar-refractivity contribution is -0.129.